The molecule has 4 rings (SSSR count). The van der Waals surface area contributed by atoms with Crippen LogP contribution in [0.5, 0.6) is 0 Å². The number of sulfone groups is 1. The first-order chi connectivity index (χ1) is 16.2. The highest BCUT2D eigenvalue weighted by atomic mass is 32.2. The molecule has 0 saturated carbocycles. The van der Waals surface area contributed by atoms with Gasteiger partial charge >= 0.3 is 5.97 Å². The van der Waals surface area contributed by atoms with Crippen molar-refractivity contribution in [2.24, 2.45) is 5.10 Å². The van der Waals surface area contributed by atoms with E-state index in [2.05, 4.69) is 10.4 Å². The maximum absolute atomic E-state index is 12.8. The molecule has 2 aliphatic rings. The molecule has 2 aliphatic heterocycles. The molecule has 34 heavy (non-hydrogen) atoms. The molecule has 0 unspecified atom stereocenters. The summed E-state index contributed by atoms with van der Waals surface area (Å²) < 4.78 is 28.9. The number of rotatable bonds is 6. The van der Waals surface area contributed by atoms with E-state index in [0.29, 0.717) is 5.69 Å². The molecule has 1 saturated heterocycles. The van der Waals surface area contributed by atoms with E-state index in [-0.39, 0.29) is 42.4 Å². The van der Waals surface area contributed by atoms with E-state index in [1.165, 1.54) is 6.92 Å². The normalized spacial score (nSPS) is 20.4. The van der Waals surface area contributed by atoms with Gasteiger partial charge in [0.25, 0.3) is 5.91 Å². The average Bonchev–Trinajstić information content (AvgIpc) is 3.19. The van der Waals surface area contributed by atoms with Crippen molar-refractivity contribution in [1.82, 2.24) is 5.01 Å². The Morgan fingerprint density at radius 3 is 2.50 bits per heavy atom. The number of hydrogen-bond acceptors (Lipinski definition) is 7. The second-order valence-corrected chi connectivity index (χ2v) is 10.5. The van der Waals surface area contributed by atoms with Gasteiger partial charge in [-0.3, -0.25) is 9.59 Å². The summed E-state index contributed by atoms with van der Waals surface area (Å²) in [4.78, 5) is 37.7. The van der Waals surface area contributed by atoms with E-state index in [0.717, 1.165) is 16.1 Å². The molecule has 0 aliphatic carbocycles. The Balaban J connectivity index is 1.42. The molecule has 2 aromatic carbocycles. The summed E-state index contributed by atoms with van der Waals surface area (Å²) in [6.45, 7) is 1.45. The number of anilines is 1. The molecule has 1 N–H and O–H groups in total. The van der Waals surface area contributed by atoms with E-state index >= 15 is 0 Å². The van der Waals surface area contributed by atoms with Crippen LogP contribution < -0.4 is 5.32 Å². The standard InChI is InChI=1S/C24H25N3O6S/c1-16(23(29)25-20-10-6-5-9-19(20)17-7-3-2-4-8-17)33-24(30)21-11-12-22(28)27(26-21)18-13-14-34(31,32)15-18/h2-10,16,18H,11-15H2,1H3,(H,25,29)/t16-,18-/m0/s1. The van der Waals surface area contributed by atoms with E-state index in [4.69, 9.17) is 4.74 Å². The number of carbonyl (C=O) groups is 3. The summed E-state index contributed by atoms with van der Waals surface area (Å²) in [6, 6.07) is 16.3. The second-order valence-electron chi connectivity index (χ2n) is 8.29. The fraction of sp³-hybridized carbons (Fsp3) is 0.333. The van der Waals surface area contributed by atoms with Gasteiger partial charge in [-0.25, -0.2) is 18.2 Å². The molecule has 0 bridgehead atoms. The fourth-order valence-electron chi connectivity index (χ4n) is 3.95. The lowest BCUT2D eigenvalue weighted by Gasteiger charge is -2.27. The van der Waals surface area contributed by atoms with Crippen LogP contribution in [0.3, 0.4) is 0 Å². The van der Waals surface area contributed by atoms with Crippen LogP contribution in [0.15, 0.2) is 59.7 Å². The SMILES string of the molecule is C[C@H](OC(=O)C1=NN([C@H]2CCS(=O)(=O)C2)C(=O)CC1)C(=O)Nc1ccccc1-c1ccccc1. The number of para-hydroxylation sites is 1. The third-order valence-electron chi connectivity index (χ3n) is 5.77. The number of nitrogens with zero attached hydrogens (tertiary/aromatic N) is 2. The summed E-state index contributed by atoms with van der Waals surface area (Å²) >= 11 is 0. The largest absolute Gasteiger partial charge is 0.448 e. The van der Waals surface area contributed by atoms with Crippen molar-refractivity contribution < 1.29 is 27.5 Å². The zero-order valence-corrected chi connectivity index (χ0v) is 19.5. The molecule has 0 aromatic heterocycles. The third kappa shape index (κ3) is 5.33. The molecular formula is C24H25N3O6S. The predicted molar refractivity (Wildman–Crippen MR) is 127 cm³/mol. The highest BCUT2D eigenvalue weighted by molar-refractivity contribution is 7.91. The number of hydrogen-bond donors (Lipinski definition) is 1. The third-order valence-corrected chi connectivity index (χ3v) is 7.52. The lowest BCUT2D eigenvalue weighted by Crippen LogP contribution is -2.42. The maximum atomic E-state index is 12.8. The molecule has 0 radical (unpaired) electrons. The minimum Gasteiger partial charge on any atom is -0.448 e. The summed E-state index contributed by atoms with van der Waals surface area (Å²) in [5.74, 6) is -1.84. The van der Waals surface area contributed by atoms with E-state index in [9.17, 15) is 22.8 Å². The smallest absolute Gasteiger partial charge is 0.355 e. The van der Waals surface area contributed by atoms with Crippen LogP contribution in [0.1, 0.15) is 26.2 Å². The quantitative estimate of drug-likeness (QED) is 0.630. The number of esters is 1. The Bertz CT molecular complexity index is 1240. The van der Waals surface area contributed by atoms with Gasteiger partial charge < -0.3 is 10.1 Å². The summed E-state index contributed by atoms with van der Waals surface area (Å²) in [7, 11) is -3.22. The molecule has 2 amide bonds. The van der Waals surface area contributed by atoms with Gasteiger partial charge in [0.15, 0.2) is 15.9 Å². The van der Waals surface area contributed by atoms with Gasteiger partial charge in [-0.15, -0.1) is 0 Å². The zero-order valence-electron chi connectivity index (χ0n) is 18.6. The Hall–Kier alpha value is -3.53. The van der Waals surface area contributed by atoms with Gasteiger partial charge in [0.2, 0.25) is 5.91 Å². The molecular weight excluding hydrogens is 458 g/mol. The van der Waals surface area contributed by atoms with Crippen molar-refractivity contribution in [3.05, 3.63) is 54.6 Å². The number of hydrazone groups is 1. The number of carbonyl (C=O) groups excluding carboxylic acids is 3. The van der Waals surface area contributed by atoms with Crippen molar-refractivity contribution in [3.8, 4) is 11.1 Å². The van der Waals surface area contributed by atoms with Crippen LogP contribution in [0, 0.1) is 0 Å². The van der Waals surface area contributed by atoms with Crippen molar-refractivity contribution in [2.45, 2.75) is 38.3 Å². The molecule has 178 valence electrons. The van der Waals surface area contributed by atoms with Crippen LogP contribution in [0.4, 0.5) is 5.69 Å². The number of nitrogens with one attached hydrogen (secondary N) is 1. The van der Waals surface area contributed by atoms with E-state index in [1.54, 1.807) is 12.1 Å². The van der Waals surface area contributed by atoms with Gasteiger partial charge in [-0.05, 0) is 25.0 Å². The average molecular weight is 484 g/mol. The predicted octanol–water partition coefficient (Wildman–Crippen LogP) is 2.39. The van der Waals surface area contributed by atoms with Crippen LogP contribution >= 0.6 is 0 Å². The Morgan fingerprint density at radius 2 is 1.79 bits per heavy atom. The minimum atomic E-state index is -3.22. The van der Waals surface area contributed by atoms with E-state index < -0.39 is 33.9 Å². The van der Waals surface area contributed by atoms with Gasteiger partial charge in [0.05, 0.1) is 17.5 Å². The Morgan fingerprint density at radius 1 is 1.09 bits per heavy atom. The second kappa shape index (κ2) is 9.76. The van der Waals surface area contributed by atoms with Crippen molar-refractivity contribution in [2.75, 3.05) is 16.8 Å². The summed E-state index contributed by atoms with van der Waals surface area (Å²) in [5.41, 5.74) is 2.33. The lowest BCUT2D eigenvalue weighted by atomic mass is 10.0. The monoisotopic (exact) mass is 483 g/mol. The first kappa shape index (κ1) is 23.6. The summed E-state index contributed by atoms with van der Waals surface area (Å²) in [6.07, 6.45) is -0.745. The zero-order chi connectivity index (χ0) is 24.3. The molecule has 10 heteroatoms. The Labute approximate surface area is 197 Å². The van der Waals surface area contributed by atoms with E-state index in [1.807, 2.05) is 42.5 Å². The van der Waals surface area contributed by atoms with Crippen LogP contribution in [0.25, 0.3) is 11.1 Å². The highest BCUT2D eigenvalue weighted by Gasteiger charge is 2.38. The maximum Gasteiger partial charge on any atom is 0.355 e. The van der Waals surface area contributed by atoms with Gasteiger partial charge in [-0.1, -0.05) is 48.5 Å². The van der Waals surface area contributed by atoms with Crippen molar-refractivity contribution in [1.29, 1.82) is 0 Å². The Kier molecular flexibility index (Phi) is 6.78. The molecule has 2 atom stereocenters. The number of benzene rings is 2. The fourth-order valence-corrected chi connectivity index (χ4v) is 5.64. The molecule has 9 nitrogen and oxygen atoms in total. The highest BCUT2D eigenvalue weighted by Crippen LogP contribution is 2.28. The molecule has 2 heterocycles. The number of ether oxygens (including phenoxy) is 1. The van der Waals surface area contributed by atoms with Crippen LogP contribution in [0.2, 0.25) is 0 Å². The molecule has 2 aromatic rings. The van der Waals surface area contributed by atoms with Gasteiger partial charge in [0.1, 0.15) is 5.71 Å². The van der Waals surface area contributed by atoms with Crippen LogP contribution in [-0.2, 0) is 29.0 Å². The lowest BCUT2D eigenvalue weighted by molar-refractivity contribution is -0.147. The topological polar surface area (TPSA) is 122 Å². The van der Waals surface area contributed by atoms with Crippen LogP contribution in [-0.4, -0.2) is 60.6 Å². The van der Waals surface area contributed by atoms with Crippen molar-refractivity contribution in [3.63, 3.8) is 0 Å². The first-order valence-electron chi connectivity index (χ1n) is 11.0. The molecule has 0 spiro atoms. The minimum absolute atomic E-state index is 0.00627. The first-order valence-corrected chi connectivity index (χ1v) is 12.8. The van der Waals surface area contributed by atoms with Crippen molar-refractivity contribution >= 4 is 39.0 Å². The van der Waals surface area contributed by atoms with Gasteiger partial charge in [0, 0.05) is 24.1 Å². The summed E-state index contributed by atoms with van der Waals surface area (Å²) in [5, 5.41) is 7.98. The number of amides is 2. The molecule has 1 fully saturated rings. The van der Waals surface area contributed by atoms with Gasteiger partial charge in [-0.2, -0.15) is 5.10 Å².